The molecule has 0 saturated heterocycles. The normalized spacial score (nSPS) is 12.2. The minimum absolute atomic E-state index is 0.116. The zero-order chi connectivity index (χ0) is 52.3. The van der Waals surface area contributed by atoms with Gasteiger partial charge in [0.25, 0.3) is 0 Å². The maximum absolute atomic E-state index is 14.3. The van der Waals surface area contributed by atoms with Gasteiger partial charge in [0, 0.05) is 53.2 Å². The van der Waals surface area contributed by atoms with Crippen molar-refractivity contribution in [3.05, 3.63) is 106 Å². The maximum Gasteiger partial charge on any atom is 0.195 e. The average Bonchev–Trinajstić information content (AvgIpc) is 3.41. The summed E-state index contributed by atoms with van der Waals surface area (Å²) in [5.41, 5.74) is 19.4. The smallest absolute Gasteiger partial charge is 0.195 e. The standard InChI is InChI=1S/C68H102N2O2S2/c1-3-5-7-9-11-13-15-17-19-21-23-25-27-29-31-33-35-37-39-43-55-47-50-62(60(69)53-55)73-64-52-49-59-65(67(72)58-46-42-41-45-57(58)66(59)71)68(64)74-63-51-48-56(54-61(63)70)44-40-38-36-34-32-30-28-26-24-22-20-18-16-14-12-10-8-6-4-2/h41-42,45-54H,3-40,43-44,69-70H2,1-2H3. The zero-order valence-corrected chi connectivity index (χ0v) is 48.6. The van der Waals surface area contributed by atoms with Crippen LogP contribution in [0, 0.1) is 0 Å². The number of hydrogen-bond acceptors (Lipinski definition) is 6. The van der Waals surface area contributed by atoms with Gasteiger partial charge in [-0.1, -0.05) is 305 Å². The Morgan fingerprint density at radius 3 is 0.986 bits per heavy atom. The molecular weight excluding hydrogens is 941 g/mol. The molecule has 0 bridgehead atoms. The van der Waals surface area contributed by atoms with Crippen molar-refractivity contribution in [2.45, 2.75) is 290 Å². The number of hydrogen-bond donors (Lipinski definition) is 2. The van der Waals surface area contributed by atoms with Crippen LogP contribution in [0.3, 0.4) is 0 Å². The molecule has 1 aliphatic carbocycles. The number of unbranched alkanes of at least 4 members (excludes halogenated alkanes) is 36. The molecule has 6 heteroatoms. The van der Waals surface area contributed by atoms with Crippen LogP contribution in [0.4, 0.5) is 11.4 Å². The van der Waals surface area contributed by atoms with E-state index in [2.05, 4.69) is 50.2 Å². The summed E-state index contributed by atoms with van der Waals surface area (Å²) < 4.78 is 0. The van der Waals surface area contributed by atoms with E-state index in [1.54, 1.807) is 23.9 Å². The maximum atomic E-state index is 14.3. The van der Waals surface area contributed by atoms with Crippen molar-refractivity contribution in [1.82, 2.24) is 0 Å². The van der Waals surface area contributed by atoms with Crippen LogP contribution in [0.2, 0.25) is 0 Å². The number of anilines is 2. The Morgan fingerprint density at radius 1 is 0.324 bits per heavy atom. The van der Waals surface area contributed by atoms with E-state index in [1.165, 1.54) is 260 Å². The lowest BCUT2D eigenvalue weighted by atomic mass is 9.84. The molecule has 4 nitrogen and oxygen atoms in total. The number of benzene rings is 4. The minimum Gasteiger partial charge on any atom is -0.398 e. The fourth-order valence-corrected chi connectivity index (χ4v) is 13.2. The van der Waals surface area contributed by atoms with Gasteiger partial charge in [-0.25, -0.2) is 0 Å². The lowest BCUT2D eigenvalue weighted by Gasteiger charge is -2.22. The topological polar surface area (TPSA) is 86.2 Å². The number of rotatable bonds is 44. The summed E-state index contributed by atoms with van der Waals surface area (Å²) in [6.45, 7) is 4.59. The molecule has 0 atom stereocenters. The Kier molecular flexibility index (Phi) is 31.6. The zero-order valence-electron chi connectivity index (χ0n) is 47.0. The van der Waals surface area contributed by atoms with Crippen molar-refractivity contribution in [3.63, 3.8) is 0 Å². The highest BCUT2D eigenvalue weighted by atomic mass is 32.2. The molecular formula is C68H102N2O2S2. The van der Waals surface area contributed by atoms with E-state index in [0.29, 0.717) is 27.9 Å². The first kappa shape index (κ1) is 61.4. The van der Waals surface area contributed by atoms with Crippen LogP contribution in [0.25, 0.3) is 0 Å². The second-order valence-corrected chi connectivity index (χ2v) is 24.3. The molecule has 0 aromatic heterocycles. The molecule has 1 aliphatic rings. The lowest BCUT2D eigenvalue weighted by Crippen LogP contribution is -2.22. The number of carbonyl (C=O) groups excluding carboxylic acids is 2. The molecule has 408 valence electrons. The van der Waals surface area contributed by atoms with E-state index in [-0.39, 0.29) is 11.6 Å². The third-order valence-corrected chi connectivity index (χ3v) is 18.2. The van der Waals surface area contributed by atoms with E-state index in [0.717, 1.165) is 44.5 Å². The summed E-state index contributed by atoms with van der Waals surface area (Å²) >= 11 is 3.06. The largest absolute Gasteiger partial charge is 0.398 e. The Labute approximate surface area is 461 Å². The molecule has 0 fully saturated rings. The van der Waals surface area contributed by atoms with Crippen LogP contribution >= 0.6 is 23.5 Å². The summed E-state index contributed by atoms with van der Waals surface area (Å²) in [7, 11) is 0. The van der Waals surface area contributed by atoms with Gasteiger partial charge in [0.1, 0.15) is 0 Å². The molecule has 4 aromatic rings. The lowest BCUT2D eigenvalue weighted by molar-refractivity contribution is 0.0976. The van der Waals surface area contributed by atoms with Gasteiger partial charge in [-0.15, -0.1) is 0 Å². The number of ketones is 2. The molecule has 5 rings (SSSR count). The highest BCUT2D eigenvalue weighted by Crippen LogP contribution is 2.47. The Bertz CT molecular complexity index is 2180. The van der Waals surface area contributed by atoms with Gasteiger partial charge >= 0.3 is 0 Å². The van der Waals surface area contributed by atoms with E-state index < -0.39 is 0 Å². The minimum atomic E-state index is -0.123. The predicted molar refractivity (Wildman–Crippen MR) is 324 cm³/mol. The molecule has 0 spiro atoms. The summed E-state index contributed by atoms with van der Waals surface area (Å²) in [4.78, 5) is 31.7. The number of carbonyl (C=O) groups is 2. The highest BCUT2D eigenvalue weighted by molar-refractivity contribution is 8.02. The van der Waals surface area contributed by atoms with Gasteiger partial charge in [-0.2, -0.15) is 0 Å². The van der Waals surface area contributed by atoms with Gasteiger partial charge in [-0.3, -0.25) is 9.59 Å². The van der Waals surface area contributed by atoms with Gasteiger partial charge in [-0.05, 0) is 73.2 Å². The van der Waals surface area contributed by atoms with Crippen LogP contribution in [-0.4, -0.2) is 11.6 Å². The number of aryl methyl sites for hydroxylation is 2. The second kappa shape index (κ2) is 38.1. The monoisotopic (exact) mass is 1040 g/mol. The van der Waals surface area contributed by atoms with Crippen molar-refractivity contribution in [2.75, 3.05) is 11.5 Å². The molecule has 0 unspecified atom stereocenters. The van der Waals surface area contributed by atoms with E-state index in [4.69, 9.17) is 11.5 Å². The Morgan fingerprint density at radius 2 is 0.635 bits per heavy atom. The molecule has 0 amide bonds. The number of fused-ring (bicyclic) bond motifs is 2. The molecule has 4 N–H and O–H groups in total. The first-order valence-electron chi connectivity index (χ1n) is 30.9. The summed E-state index contributed by atoms with van der Waals surface area (Å²) in [5.74, 6) is -0.238. The summed E-state index contributed by atoms with van der Waals surface area (Å²) in [5, 5.41) is 0. The summed E-state index contributed by atoms with van der Waals surface area (Å²) in [6.07, 6.45) is 54.6. The fraction of sp³-hybridized carbons (Fsp3) is 0.618. The van der Waals surface area contributed by atoms with E-state index >= 15 is 0 Å². The van der Waals surface area contributed by atoms with Crippen molar-refractivity contribution in [3.8, 4) is 0 Å². The van der Waals surface area contributed by atoms with Crippen molar-refractivity contribution >= 4 is 46.5 Å². The summed E-state index contributed by atoms with van der Waals surface area (Å²) in [6, 6.07) is 23.9. The first-order valence-corrected chi connectivity index (χ1v) is 32.5. The number of nitrogens with two attached hydrogens (primary N) is 2. The van der Waals surface area contributed by atoms with Crippen molar-refractivity contribution in [1.29, 1.82) is 0 Å². The third kappa shape index (κ3) is 23.0. The Balaban J connectivity index is 1.02. The van der Waals surface area contributed by atoms with Crippen LogP contribution < -0.4 is 11.5 Å². The molecule has 74 heavy (non-hydrogen) atoms. The van der Waals surface area contributed by atoms with E-state index in [9.17, 15) is 9.59 Å². The predicted octanol–water partition coefficient (Wildman–Crippen LogP) is 21.9. The van der Waals surface area contributed by atoms with Gasteiger partial charge < -0.3 is 11.5 Å². The number of nitrogen functional groups attached to an aromatic ring is 2. The molecule has 0 radical (unpaired) electrons. The first-order chi connectivity index (χ1) is 36.4. The van der Waals surface area contributed by atoms with E-state index in [1.807, 2.05) is 24.3 Å². The molecule has 4 aromatic carbocycles. The van der Waals surface area contributed by atoms with Crippen LogP contribution in [0.1, 0.15) is 301 Å². The van der Waals surface area contributed by atoms with Crippen molar-refractivity contribution < 1.29 is 9.59 Å². The van der Waals surface area contributed by atoms with Gasteiger partial charge in [0.05, 0.1) is 0 Å². The quantitative estimate of drug-likeness (QED) is 0.0299. The van der Waals surface area contributed by atoms with Gasteiger partial charge in [0.2, 0.25) is 0 Å². The SMILES string of the molecule is CCCCCCCCCCCCCCCCCCCCCc1ccc(Sc2ccc3c(c2Sc2ccc(CCCCCCCCCCCCCCCCCCCCC)cc2N)C(=O)c2ccccc2C3=O)c(N)c1. The van der Waals surface area contributed by atoms with Gasteiger partial charge in [0.15, 0.2) is 11.6 Å². The second-order valence-electron chi connectivity index (χ2n) is 22.2. The molecule has 0 saturated carbocycles. The molecule has 0 aliphatic heterocycles. The molecule has 0 heterocycles. The third-order valence-electron chi connectivity index (χ3n) is 15.7. The fourth-order valence-electron chi connectivity index (χ4n) is 11.1. The highest BCUT2D eigenvalue weighted by Gasteiger charge is 2.33. The van der Waals surface area contributed by atoms with Crippen LogP contribution in [-0.2, 0) is 12.8 Å². The van der Waals surface area contributed by atoms with Crippen LogP contribution in [0.5, 0.6) is 0 Å². The average molecular weight is 1040 g/mol. The van der Waals surface area contributed by atoms with Crippen molar-refractivity contribution in [2.24, 2.45) is 0 Å². The van der Waals surface area contributed by atoms with Crippen LogP contribution in [0.15, 0.2) is 92.4 Å². The Hall–Kier alpha value is -3.48.